The van der Waals surface area contributed by atoms with E-state index in [4.69, 9.17) is 11.6 Å². The van der Waals surface area contributed by atoms with Gasteiger partial charge < -0.3 is 5.32 Å². The molecule has 1 amide bonds. The third kappa shape index (κ3) is 3.21. The van der Waals surface area contributed by atoms with E-state index in [1.165, 1.54) is 24.5 Å². The Morgan fingerprint density at radius 2 is 2.17 bits per heavy atom. The van der Waals surface area contributed by atoms with Crippen molar-refractivity contribution in [1.29, 1.82) is 0 Å². The van der Waals surface area contributed by atoms with Gasteiger partial charge in [0.25, 0.3) is 5.78 Å². The molecule has 0 unspecified atom stereocenters. The number of carbonyl (C=O) groups excluding carboxylic acids is 1. The first-order valence-electron chi connectivity index (χ1n) is 7.36. The van der Waals surface area contributed by atoms with Gasteiger partial charge in [-0.05, 0) is 44.0 Å². The Labute approximate surface area is 142 Å². The standard InChI is InChI=1S/C16H15ClFN5O/c1-9-12(10(2)23-16(21-9)19-8-20-23)4-6-15(24)22-11-3-5-14(18)13(17)7-11/h3,5,7-8H,4,6H2,1-2H3,(H,22,24). The highest BCUT2D eigenvalue weighted by molar-refractivity contribution is 6.31. The third-order valence-electron chi connectivity index (χ3n) is 3.79. The molecule has 124 valence electrons. The number of aryl methyl sites for hydroxylation is 2. The average Bonchev–Trinajstić information content (AvgIpc) is 2.99. The first kappa shape index (κ1) is 16.3. The Morgan fingerprint density at radius 1 is 1.38 bits per heavy atom. The van der Waals surface area contributed by atoms with E-state index < -0.39 is 5.82 Å². The van der Waals surface area contributed by atoms with E-state index in [9.17, 15) is 9.18 Å². The van der Waals surface area contributed by atoms with Gasteiger partial charge in [0.2, 0.25) is 5.91 Å². The van der Waals surface area contributed by atoms with Gasteiger partial charge in [-0.15, -0.1) is 0 Å². The van der Waals surface area contributed by atoms with Crippen molar-refractivity contribution in [1.82, 2.24) is 19.6 Å². The van der Waals surface area contributed by atoms with Crippen molar-refractivity contribution < 1.29 is 9.18 Å². The molecule has 0 aliphatic rings. The minimum Gasteiger partial charge on any atom is -0.326 e. The highest BCUT2D eigenvalue weighted by Crippen LogP contribution is 2.20. The zero-order chi connectivity index (χ0) is 17.3. The second-order valence-corrected chi connectivity index (χ2v) is 5.82. The molecule has 2 aromatic heterocycles. The number of hydrogen-bond acceptors (Lipinski definition) is 4. The fraction of sp³-hybridized carbons (Fsp3) is 0.250. The molecule has 6 nitrogen and oxygen atoms in total. The number of amides is 1. The maximum atomic E-state index is 13.1. The summed E-state index contributed by atoms with van der Waals surface area (Å²) >= 11 is 5.71. The van der Waals surface area contributed by atoms with Gasteiger partial charge in [0, 0.05) is 23.5 Å². The monoisotopic (exact) mass is 347 g/mol. The van der Waals surface area contributed by atoms with Crippen LogP contribution >= 0.6 is 11.6 Å². The maximum Gasteiger partial charge on any atom is 0.252 e. The average molecular weight is 348 g/mol. The minimum atomic E-state index is -0.520. The molecule has 2 heterocycles. The van der Waals surface area contributed by atoms with Crippen LogP contribution < -0.4 is 5.32 Å². The zero-order valence-electron chi connectivity index (χ0n) is 13.2. The predicted molar refractivity (Wildman–Crippen MR) is 88.6 cm³/mol. The largest absolute Gasteiger partial charge is 0.326 e. The normalized spacial score (nSPS) is 11.0. The molecule has 0 bridgehead atoms. The Morgan fingerprint density at radius 3 is 2.92 bits per heavy atom. The molecule has 1 aromatic carbocycles. The van der Waals surface area contributed by atoms with Crippen molar-refractivity contribution in [3.05, 3.63) is 52.3 Å². The van der Waals surface area contributed by atoms with E-state index in [0.717, 1.165) is 17.0 Å². The van der Waals surface area contributed by atoms with E-state index in [1.807, 2.05) is 13.8 Å². The highest BCUT2D eigenvalue weighted by Gasteiger charge is 2.13. The van der Waals surface area contributed by atoms with Gasteiger partial charge in [0.15, 0.2) is 0 Å². The quantitative estimate of drug-likeness (QED) is 0.787. The molecule has 24 heavy (non-hydrogen) atoms. The summed E-state index contributed by atoms with van der Waals surface area (Å²) in [4.78, 5) is 20.6. The SMILES string of the molecule is Cc1nc2ncnn2c(C)c1CCC(=O)Nc1ccc(F)c(Cl)c1. The molecule has 0 spiro atoms. The molecule has 0 atom stereocenters. The highest BCUT2D eigenvalue weighted by atomic mass is 35.5. The van der Waals surface area contributed by atoms with Crippen LogP contribution in [0.2, 0.25) is 5.02 Å². The van der Waals surface area contributed by atoms with Crippen LogP contribution in [0.5, 0.6) is 0 Å². The number of fused-ring (bicyclic) bond motifs is 1. The molecule has 0 saturated carbocycles. The Hall–Kier alpha value is -2.54. The molecule has 0 aliphatic heterocycles. The number of carbonyl (C=O) groups is 1. The van der Waals surface area contributed by atoms with Crippen molar-refractivity contribution in [2.24, 2.45) is 0 Å². The fourth-order valence-corrected chi connectivity index (χ4v) is 2.73. The Kier molecular flexibility index (Phi) is 4.44. The number of aromatic nitrogens is 4. The molecule has 3 rings (SSSR count). The van der Waals surface area contributed by atoms with E-state index in [2.05, 4.69) is 20.4 Å². The van der Waals surface area contributed by atoms with E-state index in [-0.39, 0.29) is 17.4 Å². The zero-order valence-corrected chi connectivity index (χ0v) is 13.9. The van der Waals surface area contributed by atoms with Crippen molar-refractivity contribution >= 4 is 29.0 Å². The molecule has 8 heteroatoms. The number of benzene rings is 1. The molecule has 0 radical (unpaired) electrons. The van der Waals surface area contributed by atoms with Gasteiger partial charge in [0.1, 0.15) is 12.1 Å². The van der Waals surface area contributed by atoms with Crippen LogP contribution in [-0.2, 0) is 11.2 Å². The molecule has 0 saturated heterocycles. The number of halogens is 2. The lowest BCUT2D eigenvalue weighted by atomic mass is 10.1. The van der Waals surface area contributed by atoms with Crippen molar-refractivity contribution in [2.75, 3.05) is 5.32 Å². The smallest absolute Gasteiger partial charge is 0.252 e. The minimum absolute atomic E-state index is 0.0275. The molecular weight excluding hydrogens is 333 g/mol. The molecule has 3 aromatic rings. The summed E-state index contributed by atoms with van der Waals surface area (Å²) in [5.41, 5.74) is 3.16. The number of hydrogen-bond donors (Lipinski definition) is 1. The summed E-state index contributed by atoms with van der Waals surface area (Å²) in [6, 6.07) is 4.07. The van der Waals surface area contributed by atoms with Crippen LogP contribution in [0.1, 0.15) is 23.4 Å². The fourth-order valence-electron chi connectivity index (χ4n) is 2.55. The number of anilines is 1. The van der Waals surface area contributed by atoms with Crippen molar-refractivity contribution in [2.45, 2.75) is 26.7 Å². The molecule has 0 aliphatic carbocycles. The summed E-state index contributed by atoms with van der Waals surface area (Å²) < 4.78 is 14.8. The van der Waals surface area contributed by atoms with E-state index >= 15 is 0 Å². The molecule has 0 fully saturated rings. The summed E-state index contributed by atoms with van der Waals surface area (Å²) in [5.74, 6) is -0.164. The second-order valence-electron chi connectivity index (χ2n) is 5.41. The van der Waals surface area contributed by atoms with Crippen LogP contribution in [0.15, 0.2) is 24.5 Å². The van der Waals surface area contributed by atoms with Crippen LogP contribution in [0.3, 0.4) is 0 Å². The van der Waals surface area contributed by atoms with Gasteiger partial charge >= 0.3 is 0 Å². The van der Waals surface area contributed by atoms with Gasteiger partial charge in [-0.1, -0.05) is 11.6 Å². The molecular formula is C16H15ClFN5O. The number of nitrogens with zero attached hydrogens (tertiary/aromatic N) is 4. The topological polar surface area (TPSA) is 72.2 Å². The van der Waals surface area contributed by atoms with Crippen molar-refractivity contribution in [3.8, 4) is 0 Å². The van der Waals surface area contributed by atoms with Crippen LogP contribution in [-0.4, -0.2) is 25.5 Å². The lowest BCUT2D eigenvalue weighted by Crippen LogP contribution is -2.14. The molecule has 1 N–H and O–H groups in total. The predicted octanol–water partition coefficient (Wildman–Crippen LogP) is 3.10. The first-order valence-corrected chi connectivity index (χ1v) is 7.74. The Bertz CT molecular complexity index is 924. The first-order chi connectivity index (χ1) is 11.5. The second kappa shape index (κ2) is 6.52. The van der Waals surface area contributed by atoms with Gasteiger partial charge in [-0.2, -0.15) is 10.1 Å². The van der Waals surface area contributed by atoms with Crippen LogP contribution in [0, 0.1) is 19.7 Å². The maximum absolute atomic E-state index is 13.1. The van der Waals surface area contributed by atoms with Gasteiger partial charge in [-0.25, -0.2) is 13.9 Å². The van der Waals surface area contributed by atoms with Crippen molar-refractivity contribution in [3.63, 3.8) is 0 Å². The van der Waals surface area contributed by atoms with Gasteiger partial charge in [-0.3, -0.25) is 4.79 Å². The number of nitrogens with one attached hydrogen (secondary N) is 1. The third-order valence-corrected chi connectivity index (χ3v) is 4.08. The van der Waals surface area contributed by atoms with E-state index in [0.29, 0.717) is 17.9 Å². The summed E-state index contributed by atoms with van der Waals surface area (Å²) in [7, 11) is 0. The van der Waals surface area contributed by atoms with Gasteiger partial charge in [0.05, 0.1) is 5.02 Å². The lowest BCUT2D eigenvalue weighted by molar-refractivity contribution is -0.116. The Balaban J connectivity index is 1.71. The summed E-state index contributed by atoms with van der Waals surface area (Å²) in [6.45, 7) is 3.80. The lowest BCUT2D eigenvalue weighted by Gasteiger charge is -2.10. The van der Waals surface area contributed by atoms with Crippen LogP contribution in [0.4, 0.5) is 10.1 Å². The van der Waals surface area contributed by atoms with Crippen LogP contribution in [0.25, 0.3) is 5.78 Å². The summed E-state index contributed by atoms with van der Waals surface area (Å²) in [6.07, 6.45) is 2.23. The summed E-state index contributed by atoms with van der Waals surface area (Å²) in [5, 5.41) is 6.80. The van der Waals surface area contributed by atoms with E-state index in [1.54, 1.807) is 4.52 Å². The number of rotatable bonds is 4.